The molecular formula is C22H25N5O4. The maximum atomic E-state index is 12.3. The number of amidine groups is 1. The van der Waals surface area contributed by atoms with Crippen LogP contribution in [0.1, 0.15) is 30.9 Å². The highest BCUT2D eigenvalue weighted by molar-refractivity contribution is 6.22. The van der Waals surface area contributed by atoms with Crippen LogP contribution in [0.15, 0.2) is 42.6 Å². The standard InChI is InChI=1S/C22H25N5O4/c1-13(2)16-10-17(20(30)11-19(16)29)21(23)27(22(24)31)15-3-4-18-14(9-15)5-7-26(18)8-6-25-12-28/h3-5,7,9-13,23,29-30H,6,8H2,1-2H3,(H2,24,31)(H,25,28). The van der Waals surface area contributed by atoms with E-state index in [1.807, 2.05) is 30.7 Å². The van der Waals surface area contributed by atoms with Gasteiger partial charge in [-0.1, -0.05) is 13.8 Å². The number of anilines is 1. The van der Waals surface area contributed by atoms with Crippen LogP contribution in [-0.2, 0) is 11.3 Å². The second-order valence-electron chi connectivity index (χ2n) is 7.43. The molecule has 3 aromatic rings. The topological polar surface area (TPSA) is 145 Å². The van der Waals surface area contributed by atoms with Crippen LogP contribution in [0.4, 0.5) is 10.5 Å². The highest BCUT2D eigenvalue weighted by Gasteiger charge is 2.24. The van der Waals surface area contributed by atoms with Crippen LogP contribution in [0.2, 0.25) is 0 Å². The third kappa shape index (κ3) is 4.30. The van der Waals surface area contributed by atoms with Crippen LogP contribution in [0, 0.1) is 5.41 Å². The molecular weight excluding hydrogens is 398 g/mol. The number of nitrogens with zero attached hydrogens (tertiary/aromatic N) is 2. The molecule has 0 saturated heterocycles. The van der Waals surface area contributed by atoms with Gasteiger partial charge < -0.3 is 25.8 Å². The number of aromatic nitrogens is 1. The first-order valence-corrected chi connectivity index (χ1v) is 9.74. The number of nitrogens with two attached hydrogens (primary N) is 1. The maximum absolute atomic E-state index is 12.3. The van der Waals surface area contributed by atoms with Crippen molar-refractivity contribution in [2.24, 2.45) is 5.73 Å². The van der Waals surface area contributed by atoms with Gasteiger partial charge >= 0.3 is 6.03 Å². The molecule has 0 fully saturated rings. The summed E-state index contributed by atoms with van der Waals surface area (Å²) in [6, 6.07) is 8.81. The molecule has 0 atom stereocenters. The van der Waals surface area contributed by atoms with Crippen LogP contribution in [-0.4, -0.2) is 39.6 Å². The van der Waals surface area contributed by atoms with Gasteiger partial charge in [-0.15, -0.1) is 0 Å². The van der Waals surface area contributed by atoms with Crippen LogP contribution in [0.25, 0.3) is 10.9 Å². The second kappa shape index (κ2) is 8.78. The Bertz CT molecular complexity index is 1150. The summed E-state index contributed by atoms with van der Waals surface area (Å²) in [4.78, 5) is 23.7. The number of urea groups is 1. The smallest absolute Gasteiger partial charge is 0.325 e. The number of primary amides is 1. The molecule has 1 aromatic heterocycles. The Morgan fingerprint density at radius 1 is 1.23 bits per heavy atom. The highest BCUT2D eigenvalue weighted by atomic mass is 16.3. The molecule has 0 aliphatic carbocycles. The predicted octanol–water partition coefficient (Wildman–Crippen LogP) is 2.83. The molecule has 0 aliphatic heterocycles. The lowest BCUT2D eigenvalue weighted by atomic mass is 9.98. The van der Waals surface area contributed by atoms with Crippen LogP contribution in [0.3, 0.4) is 0 Å². The maximum Gasteiger partial charge on any atom is 0.325 e. The lowest BCUT2D eigenvalue weighted by Crippen LogP contribution is -2.41. The Balaban J connectivity index is 2.00. The van der Waals surface area contributed by atoms with Gasteiger partial charge in [0.05, 0.1) is 11.3 Å². The zero-order valence-corrected chi connectivity index (χ0v) is 17.3. The SMILES string of the molecule is CC(C)c1cc(C(=N)N(C(N)=O)c2ccc3c(ccn3CCNC=O)c2)c(O)cc1O. The van der Waals surface area contributed by atoms with Crippen LogP contribution >= 0.6 is 0 Å². The van der Waals surface area contributed by atoms with Gasteiger partial charge in [-0.3, -0.25) is 10.2 Å². The Hall–Kier alpha value is -4.01. The fraction of sp³-hybridized carbons (Fsp3) is 0.227. The number of fused-ring (bicyclic) bond motifs is 1. The molecule has 31 heavy (non-hydrogen) atoms. The Kier molecular flexibility index (Phi) is 6.15. The number of nitrogens with one attached hydrogen (secondary N) is 2. The van der Waals surface area contributed by atoms with Gasteiger partial charge in [-0.05, 0) is 41.8 Å². The zero-order chi connectivity index (χ0) is 22.7. The second-order valence-corrected chi connectivity index (χ2v) is 7.43. The normalized spacial score (nSPS) is 10.9. The minimum atomic E-state index is -0.877. The number of carbonyl (C=O) groups is 2. The Morgan fingerprint density at radius 2 is 1.97 bits per heavy atom. The number of hydrogen-bond acceptors (Lipinski definition) is 5. The van der Waals surface area contributed by atoms with Gasteiger partial charge in [0.1, 0.15) is 17.3 Å². The summed E-state index contributed by atoms with van der Waals surface area (Å²) < 4.78 is 1.95. The summed E-state index contributed by atoms with van der Waals surface area (Å²) in [7, 11) is 0. The molecule has 2 aromatic carbocycles. The molecule has 0 saturated carbocycles. The number of hydrogen-bond donors (Lipinski definition) is 5. The summed E-state index contributed by atoms with van der Waals surface area (Å²) in [5.41, 5.74) is 7.46. The monoisotopic (exact) mass is 423 g/mol. The number of aromatic hydroxyl groups is 2. The summed E-state index contributed by atoms with van der Waals surface area (Å²) in [5, 5.41) is 32.4. The van der Waals surface area contributed by atoms with Crippen molar-refractivity contribution in [3.05, 3.63) is 53.7 Å². The Morgan fingerprint density at radius 3 is 2.61 bits per heavy atom. The summed E-state index contributed by atoms with van der Waals surface area (Å²) >= 11 is 0. The van der Waals surface area contributed by atoms with Gasteiger partial charge in [-0.25, -0.2) is 9.69 Å². The zero-order valence-electron chi connectivity index (χ0n) is 17.3. The molecule has 6 N–H and O–H groups in total. The van der Waals surface area contributed by atoms with E-state index in [2.05, 4.69) is 5.32 Å². The molecule has 0 bridgehead atoms. The van der Waals surface area contributed by atoms with Gasteiger partial charge in [0.25, 0.3) is 0 Å². The van der Waals surface area contributed by atoms with E-state index in [1.165, 1.54) is 6.07 Å². The van der Waals surface area contributed by atoms with E-state index in [1.54, 1.807) is 18.2 Å². The lowest BCUT2D eigenvalue weighted by molar-refractivity contribution is -0.109. The van der Waals surface area contributed by atoms with Crippen molar-refractivity contribution in [3.8, 4) is 11.5 Å². The molecule has 1 heterocycles. The largest absolute Gasteiger partial charge is 0.508 e. The first kappa shape index (κ1) is 21.7. The molecule has 0 unspecified atom stereocenters. The molecule has 0 radical (unpaired) electrons. The molecule has 0 aliphatic rings. The average molecular weight is 423 g/mol. The van der Waals surface area contributed by atoms with E-state index >= 15 is 0 Å². The number of phenolic OH excluding ortho intramolecular Hbond substituents is 2. The fourth-order valence-electron chi connectivity index (χ4n) is 3.50. The number of benzene rings is 2. The highest BCUT2D eigenvalue weighted by Crippen LogP contribution is 2.34. The van der Waals surface area contributed by atoms with Crippen molar-refractivity contribution >= 4 is 34.9 Å². The lowest BCUT2D eigenvalue weighted by Gasteiger charge is -2.23. The van der Waals surface area contributed by atoms with E-state index in [9.17, 15) is 19.8 Å². The van der Waals surface area contributed by atoms with Crippen molar-refractivity contribution in [3.63, 3.8) is 0 Å². The van der Waals surface area contributed by atoms with Gasteiger partial charge in [-0.2, -0.15) is 0 Å². The van der Waals surface area contributed by atoms with Crippen molar-refractivity contribution in [2.75, 3.05) is 11.4 Å². The molecule has 9 heteroatoms. The van der Waals surface area contributed by atoms with Crippen LogP contribution < -0.4 is 16.0 Å². The van der Waals surface area contributed by atoms with Crippen LogP contribution in [0.5, 0.6) is 11.5 Å². The molecule has 9 nitrogen and oxygen atoms in total. The molecule has 3 rings (SSSR count). The fourth-order valence-corrected chi connectivity index (χ4v) is 3.50. The van der Waals surface area contributed by atoms with E-state index < -0.39 is 6.03 Å². The van der Waals surface area contributed by atoms with Gasteiger partial charge in [0, 0.05) is 36.3 Å². The summed E-state index contributed by atoms with van der Waals surface area (Å²) in [6.07, 6.45) is 2.51. The van der Waals surface area contributed by atoms with E-state index in [0.717, 1.165) is 21.9 Å². The number of rotatable bonds is 7. The third-order valence-corrected chi connectivity index (χ3v) is 5.06. The van der Waals surface area contributed by atoms with Gasteiger partial charge in [0.15, 0.2) is 0 Å². The third-order valence-electron chi connectivity index (χ3n) is 5.06. The predicted molar refractivity (Wildman–Crippen MR) is 119 cm³/mol. The average Bonchev–Trinajstić information content (AvgIpc) is 3.10. The number of amides is 3. The van der Waals surface area contributed by atoms with Crippen molar-refractivity contribution in [1.82, 2.24) is 9.88 Å². The summed E-state index contributed by atoms with van der Waals surface area (Å²) in [5.74, 6) is -0.769. The molecule has 0 spiro atoms. The molecule has 162 valence electrons. The number of phenols is 2. The van der Waals surface area contributed by atoms with Crippen molar-refractivity contribution < 1.29 is 19.8 Å². The van der Waals surface area contributed by atoms with Crippen molar-refractivity contribution in [2.45, 2.75) is 26.3 Å². The minimum absolute atomic E-state index is 0.0565. The number of carbonyl (C=O) groups excluding carboxylic acids is 2. The first-order chi connectivity index (χ1) is 14.7. The van der Waals surface area contributed by atoms with E-state index in [4.69, 9.17) is 11.1 Å². The van der Waals surface area contributed by atoms with Crippen molar-refractivity contribution in [1.29, 1.82) is 5.41 Å². The summed E-state index contributed by atoms with van der Waals surface area (Å²) in [6.45, 7) is 4.80. The van der Waals surface area contributed by atoms with E-state index in [-0.39, 0.29) is 28.8 Å². The first-order valence-electron chi connectivity index (χ1n) is 9.74. The van der Waals surface area contributed by atoms with E-state index in [0.29, 0.717) is 30.8 Å². The van der Waals surface area contributed by atoms with Gasteiger partial charge in [0.2, 0.25) is 6.41 Å². The quantitative estimate of drug-likeness (QED) is 0.172. The molecule has 3 amide bonds. The minimum Gasteiger partial charge on any atom is -0.508 e. The Labute approximate surface area is 179 Å².